The summed E-state index contributed by atoms with van der Waals surface area (Å²) in [6, 6.07) is 23.6. The van der Waals surface area contributed by atoms with E-state index in [1.807, 2.05) is 60.7 Å². The third-order valence-corrected chi connectivity index (χ3v) is 4.75. The van der Waals surface area contributed by atoms with E-state index in [9.17, 15) is 14.9 Å². The van der Waals surface area contributed by atoms with Gasteiger partial charge in [-0.2, -0.15) is 0 Å². The van der Waals surface area contributed by atoms with Gasteiger partial charge in [-0.25, -0.2) is 15.0 Å². The van der Waals surface area contributed by atoms with E-state index in [2.05, 4.69) is 31.1 Å². The topological polar surface area (TPSA) is 135 Å². The number of anilines is 3. The van der Waals surface area contributed by atoms with E-state index in [4.69, 9.17) is 0 Å². The van der Waals surface area contributed by atoms with Crippen LogP contribution in [0.1, 0.15) is 17.0 Å². The Morgan fingerprint density at radius 1 is 0.818 bits per heavy atom. The number of rotatable bonds is 8. The number of aromatic nitrogens is 3. The van der Waals surface area contributed by atoms with Crippen LogP contribution in [0, 0.1) is 10.1 Å². The van der Waals surface area contributed by atoms with E-state index in [1.165, 1.54) is 0 Å². The smallest absolute Gasteiger partial charge is 0.319 e. The summed E-state index contributed by atoms with van der Waals surface area (Å²) in [5.41, 5.74) is 6.26. The molecule has 0 radical (unpaired) electrons. The second-order valence-electron chi connectivity index (χ2n) is 6.89. The number of hydrogen-bond donors (Lipinski definition) is 3. The first-order chi connectivity index (χ1) is 16.1. The Kier molecular flexibility index (Phi) is 6.45. The molecule has 10 nitrogen and oxygen atoms in total. The Balaban J connectivity index is 1.59. The summed E-state index contributed by atoms with van der Waals surface area (Å²) in [4.78, 5) is 36.3. The number of nitrogens with one attached hydrogen (secondary N) is 3. The van der Waals surface area contributed by atoms with Gasteiger partial charge in [-0.15, -0.1) is 0 Å². The maximum atomic E-state index is 13.2. The number of carbonyl (C=O) groups is 1. The number of benzene rings is 2. The van der Waals surface area contributed by atoms with Gasteiger partial charge < -0.3 is 5.32 Å². The maximum Gasteiger partial charge on any atom is 0.355 e. The van der Waals surface area contributed by atoms with Crippen LogP contribution < -0.4 is 16.2 Å². The number of pyridine rings is 1. The SMILES string of the molecule is O=C(NNc1ncnc(Nc2ccccn2)c1[N+](=O)[O-])C(c1ccccc1)c1ccccc1. The van der Waals surface area contributed by atoms with Crippen LogP contribution in [0.25, 0.3) is 0 Å². The van der Waals surface area contributed by atoms with Crippen molar-refractivity contribution in [1.29, 1.82) is 0 Å². The Bertz CT molecular complexity index is 1200. The molecule has 0 atom stereocenters. The summed E-state index contributed by atoms with van der Waals surface area (Å²) in [6.45, 7) is 0. The fourth-order valence-electron chi connectivity index (χ4n) is 3.27. The molecule has 0 aliphatic heterocycles. The van der Waals surface area contributed by atoms with Crippen LogP contribution in [0.5, 0.6) is 0 Å². The molecule has 4 aromatic rings. The highest BCUT2D eigenvalue weighted by atomic mass is 16.6. The van der Waals surface area contributed by atoms with Crippen LogP contribution in [0.15, 0.2) is 91.4 Å². The average Bonchev–Trinajstić information content (AvgIpc) is 2.85. The largest absolute Gasteiger partial charge is 0.355 e. The van der Waals surface area contributed by atoms with E-state index in [0.717, 1.165) is 17.5 Å². The molecular weight excluding hydrogens is 422 g/mol. The summed E-state index contributed by atoms with van der Waals surface area (Å²) in [5, 5.41) is 14.6. The third-order valence-electron chi connectivity index (χ3n) is 4.75. The third kappa shape index (κ3) is 5.07. The molecule has 0 aliphatic carbocycles. The van der Waals surface area contributed by atoms with Gasteiger partial charge in [0.25, 0.3) is 0 Å². The highest BCUT2D eigenvalue weighted by Crippen LogP contribution is 2.30. The molecule has 0 spiro atoms. The van der Waals surface area contributed by atoms with E-state index in [-0.39, 0.29) is 11.6 Å². The second kappa shape index (κ2) is 9.96. The minimum atomic E-state index is -0.633. The molecule has 0 saturated carbocycles. The predicted octanol–water partition coefficient (Wildman–Crippen LogP) is 3.80. The molecule has 33 heavy (non-hydrogen) atoms. The van der Waals surface area contributed by atoms with Gasteiger partial charge in [-0.05, 0) is 23.3 Å². The van der Waals surface area contributed by atoms with Crippen LogP contribution in [-0.4, -0.2) is 25.8 Å². The quantitative estimate of drug-likeness (QED) is 0.278. The van der Waals surface area contributed by atoms with Crippen LogP contribution in [0.4, 0.5) is 23.1 Å². The summed E-state index contributed by atoms with van der Waals surface area (Å²) in [6.07, 6.45) is 2.70. The van der Waals surface area contributed by atoms with Crippen molar-refractivity contribution in [3.63, 3.8) is 0 Å². The van der Waals surface area contributed by atoms with Crippen LogP contribution >= 0.6 is 0 Å². The zero-order valence-corrected chi connectivity index (χ0v) is 17.3. The monoisotopic (exact) mass is 441 g/mol. The van der Waals surface area contributed by atoms with Crippen LogP contribution in [0.3, 0.4) is 0 Å². The molecule has 0 unspecified atom stereocenters. The number of nitrogens with zero attached hydrogens (tertiary/aromatic N) is 4. The molecule has 0 saturated heterocycles. The van der Waals surface area contributed by atoms with Crippen molar-refractivity contribution in [2.24, 2.45) is 0 Å². The normalized spacial score (nSPS) is 10.5. The van der Waals surface area contributed by atoms with Crippen LogP contribution in [-0.2, 0) is 4.79 Å². The molecule has 4 rings (SSSR count). The van der Waals surface area contributed by atoms with Crippen molar-refractivity contribution < 1.29 is 9.72 Å². The zero-order valence-electron chi connectivity index (χ0n) is 17.3. The predicted molar refractivity (Wildman–Crippen MR) is 123 cm³/mol. The van der Waals surface area contributed by atoms with Gasteiger partial charge in [0.15, 0.2) is 0 Å². The van der Waals surface area contributed by atoms with E-state index >= 15 is 0 Å². The molecule has 0 aliphatic rings. The Labute approximate surface area is 188 Å². The number of hydrazine groups is 1. The van der Waals surface area contributed by atoms with Gasteiger partial charge in [-0.1, -0.05) is 66.7 Å². The van der Waals surface area contributed by atoms with Crippen molar-refractivity contribution in [2.45, 2.75) is 5.92 Å². The minimum Gasteiger partial charge on any atom is -0.319 e. The molecule has 0 bridgehead atoms. The average molecular weight is 441 g/mol. The Hall–Kier alpha value is -4.86. The first-order valence-electron chi connectivity index (χ1n) is 9.96. The number of hydrogen-bond acceptors (Lipinski definition) is 8. The minimum absolute atomic E-state index is 0.0619. The van der Waals surface area contributed by atoms with Gasteiger partial charge >= 0.3 is 5.69 Å². The van der Waals surface area contributed by atoms with E-state index in [1.54, 1.807) is 24.4 Å². The Morgan fingerprint density at radius 3 is 2.00 bits per heavy atom. The lowest BCUT2D eigenvalue weighted by atomic mass is 9.91. The molecule has 1 amide bonds. The van der Waals surface area contributed by atoms with Crippen LogP contribution in [0.2, 0.25) is 0 Å². The Morgan fingerprint density at radius 2 is 1.42 bits per heavy atom. The first kappa shape index (κ1) is 21.4. The highest BCUT2D eigenvalue weighted by Gasteiger charge is 2.26. The first-order valence-corrected chi connectivity index (χ1v) is 9.96. The molecule has 2 aromatic carbocycles. The molecule has 2 aromatic heterocycles. The molecule has 3 N–H and O–H groups in total. The summed E-state index contributed by atoms with van der Waals surface area (Å²) < 4.78 is 0. The van der Waals surface area contributed by atoms with Crippen molar-refractivity contribution in [1.82, 2.24) is 20.4 Å². The van der Waals surface area contributed by atoms with E-state index in [0.29, 0.717) is 5.82 Å². The maximum absolute atomic E-state index is 13.2. The van der Waals surface area contributed by atoms with Crippen molar-refractivity contribution in [3.05, 3.63) is 113 Å². The lowest BCUT2D eigenvalue weighted by Gasteiger charge is -2.18. The van der Waals surface area contributed by atoms with Gasteiger partial charge in [0.2, 0.25) is 17.5 Å². The number of nitro groups is 1. The van der Waals surface area contributed by atoms with Gasteiger partial charge in [0, 0.05) is 6.20 Å². The number of carbonyl (C=O) groups excluding carboxylic acids is 1. The molecule has 2 heterocycles. The van der Waals surface area contributed by atoms with Crippen molar-refractivity contribution in [3.8, 4) is 0 Å². The van der Waals surface area contributed by atoms with Crippen molar-refractivity contribution in [2.75, 3.05) is 10.7 Å². The highest BCUT2D eigenvalue weighted by molar-refractivity contribution is 5.88. The lowest BCUT2D eigenvalue weighted by molar-refractivity contribution is -0.383. The van der Waals surface area contributed by atoms with Crippen molar-refractivity contribution >= 4 is 29.0 Å². The molecular formula is C23H19N7O3. The number of amides is 1. The van der Waals surface area contributed by atoms with E-state index < -0.39 is 22.4 Å². The second-order valence-corrected chi connectivity index (χ2v) is 6.89. The summed E-state index contributed by atoms with van der Waals surface area (Å²) >= 11 is 0. The zero-order chi connectivity index (χ0) is 23.0. The lowest BCUT2D eigenvalue weighted by Crippen LogP contribution is -2.35. The van der Waals surface area contributed by atoms with Gasteiger partial charge in [-0.3, -0.25) is 25.8 Å². The standard InChI is InChI=1S/C23H19N7O3/c31-23(19(16-9-3-1-4-10-16)17-11-5-2-6-12-17)29-28-22-20(30(32)33)21(25-15-26-22)27-18-13-7-8-14-24-18/h1-15,19H,(H,29,31)(H2,24,25,26,27,28). The molecule has 10 heteroatoms. The summed E-state index contributed by atoms with van der Waals surface area (Å²) in [7, 11) is 0. The molecule has 0 fully saturated rings. The summed E-state index contributed by atoms with van der Waals surface area (Å²) in [5.74, 6) is -0.885. The van der Waals surface area contributed by atoms with Gasteiger partial charge in [0.1, 0.15) is 12.1 Å². The fourth-order valence-corrected chi connectivity index (χ4v) is 3.27. The molecule has 164 valence electrons. The fraction of sp³-hybridized carbons (Fsp3) is 0.0435. The van der Waals surface area contributed by atoms with Gasteiger partial charge in [0.05, 0.1) is 10.8 Å².